The van der Waals surface area contributed by atoms with Crippen molar-refractivity contribution in [3.63, 3.8) is 0 Å². The Bertz CT molecular complexity index is 171. The molecule has 2 N–H and O–H groups in total. The monoisotopic (exact) mass is 214 g/mol. The Balaban J connectivity index is 0.000000261. The van der Waals surface area contributed by atoms with Crippen molar-refractivity contribution < 1.29 is 15.0 Å². The molecule has 0 spiro atoms. The second-order valence-corrected chi connectivity index (χ2v) is 4.73. The third-order valence-electron chi connectivity index (χ3n) is 2.40. The summed E-state index contributed by atoms with van der Waals surface area (Å²) in [7, 11) is 0. The second-order valence-electron chi connectivity index (χ2n) is 3.35. The van der Waals surface area contributed by atoms with Crippen LogP contribution in [-0.4, -0.2) is 20.7 Å². The van der Waals surface area contributed by atoms with Gasteiger partial charge in [-0.25, -0.2) is 4.79 Å². The van der Waals surface area contributed by atoms with Crippen LogP contribution in [0.4, 0.5) is 4.79 Å². The number of hydrogen-bond acceptors (Lipinski definition) is 1. The van der Waals surface area contributed by atoms with Gasteiger partial charge in [0.1, 0.15) is 4.33 Å². The molecule has 1 saturated carbocycles. The summed E-state index contributed by atoms with van der Waals surface area (Å²) in [6.45, 7) is 6.23. The molecule has 12 heavy (non-hydrogen) atoms. The van der Waals surface area contributed by atoms with E-state index < -0.39 is 10.5 Å². The molecule has 0 bridgehead atoms. The van der Waals surface area contributed by atoms with Gasteiger partial charge in [-0.2, -0.15) is 0 Å². The maximum Gasteiger partial charge on any atom is 0.503 e. The van der Waals surface area contributed by atoms with Crippen LogP contribution in [0.2, 0.25) is 0 Å². The Labute approximate surface area is 81.3 Å². The fourth-order valence-electron chi connectivity index (χ4n) is 0.898. The van der Waals surface area contributed by atoms with E-state index in [1.807, 2.05) is 0 Å². The number of halogens is 2. The number of rotatable bonds is 0. The van der Waals surface area contributed by atoms with E-state index in [1.165, 1.54) is 0 Å². The highest BCUT2D eigenvalue weighted by molar-refractivity contribution is 6.51. The quantitative estimate of drug-likeness (QED) is 0.610. The summed E-state index contributed by atoms with van der Waals surface area (Å²) in [5, 5.41) is 13.9. The predicted molar refractivity (Wildman–Crippen MR) is 48.0 cm³/mol. The van der Waals surface area contributed by atoms with Crippen molar-refractivity contribution in [3.05, 3.63) is 0 Å². The normalized spacial score (nSPS) is 28.2. The van der Waals surface area contributed by atoms with Gasteiger partial charge in [0.05, 0.1) is 0 Å². The molecule has 72 valence electrons. The summed E-state index contributed by atoms with van der Waals surface area (Å²) in [5.74, 6) is 0.443. The highest BCUT2D eigenvalue weighted by Crippen LogP contribution is 2.68. The lowest BCUT2D eigenvalue weighted by Crippen LogP contribution is -1.96. The summed E-state index contributed by atoms with van der Waals surface area (Å²) >= 11 is 11.7. The first kappa shape index (κ1) is 11.8. The zero-order chi connectivity index (χ0) is 10.2. The smallest absolute Gasteiger partial charge is 0.450 e. The van der Waals surface area contributed by atoms with Gasteiger partial charge in [-0.15, -0.1) is 23.2 Å². The summed E-state index contributed by atoms with van der Waals surface area (Å²) < 4.78 is -0.451. The van der Waals surface area contributed by atoms with Crippen molar-refractivity contribution >= 4 is 29.4 Å². The van der Waals surface area contributed by atoms with Gasteiger partial charge >= 0.3 is 6.16 Å². The number of alkyl halides is 2. The first-order chi connectivity index (χ1) is 5.14. The topological polar surface area (TPSA) is 57.5 Å². The molecule has 1 fully saturated rings. The first-order valence-corrected chi connectivity index (χ1v) is 4.19. The summed E-state index contributed by atoms with van der Waals surface area (Å²) in [6, 6.07) is 0. The zero-order valence-corrected chi connectivity index (χ0v) is 8.65. The molecule has 0 radical (unpaired) electrons. The molecule has 1 unspecified atom stereocenters. The highest BCUT2D eigenvalue weighted by Gasteiger charge is 2.67. The molecular weight excluding hydrogens is 203 g/mol. The SMILES string of the molecule is CC1C(C)(C)C1(Cl)Cl.O=C(O)O. The molecule has 5 heteroatoms. The van der Waals surface area contributed by atoms with Gasteiger partial charge in [-0.3, -0.25) is 0 Å². The van der Waals surface area contributed by atoms with Crippen LogP contribution in [-0.2, 0) is 0 Å². The van der Waals surface area contributed by atoms with Crippen LogP contribution in [0.3, 0.4) is 0 Å². The average molecular weight is 215 g/mol. The maximum absolute atomic E-state index is 8.56. The van der Waals surface area contributed by atoms with Gasteiger partial charge in [0, 0.05) is 5.41 Å². The van der Waals surface area contributed by atoms with E-state index in [2.05, 4.69) is 20.8 Å². The number of carboxylic acid groups (broad SMARTS) is 2. The first-order valence-electron chi connectivity index (χ1n) is 3.43. The molecule has 0 aromatic rings. The van der Waals surface area contributed by atoms with Gasteiger partial charge in [0.2, 0.25) is 0 Å². The molecule has 0 amide bonds. The molecule has 0 heterocycles. The lowest BCUT2D eigenvalue weighted by molar-refractivity contribution is 0.137. The van der Waals surface area contributed by atoms with Crippen molar-refractivity contribution in [1.82, 2.24) is 0 Å². The van der Waals surface area contributed by atoms with E-state index in [9.17, 15) is 0 Å². The van der Waals surface area contributed by atoms with Crippen LogP contribution in [0.1, 0.15) is 20.8 Å². The van der Waals surface area contributed by atoms with E-state index in [4.69, 9.17) is 38.2 Å². The van der Waals surface area contributed by atoms with Crippen molar-refractivity contribution in [2.45, 2.75) is 25.1 Å². The largest absolute Gasteiger partial charge is 0.503 e. The second kappa shape index (κ2) is 3.30. The molecule has 0 aromatic carbocycles. The van der Waals surface area contributed by atoms with Gasteiger partial charge in [0.25, 0.3) is 0 Å². The minimum Gasteiger partial charge on any atom is -0.450 e. The van der Waals surface area contributed by atoms with E-state index in [0.717, 1.165) is 0 Å². The number of hydrogen-bond donors (Lipinski definition) is 2. The lowest BCUT2D eigenvalue weighted by Gasteiger charge is -1.99. The molecule has 1 aliphatic carbocycles. The molecule has 0 saturated heterocycles. The van der Waals surface area contributed by atoms with Gasteiger partial charge in [0.15, 0.2) is 0 Å². The Kier molecular flexibility index (Phi) is 3.26. The highest BCUT2D eigenvalue weighted by atomic mass is 35.5. The van der Waals surface area contributed by atoms with Gasteiger partial charge in [-0.05, 0) is 5.92 Å². The molecule has 0 aliphatic heterocycles. The van der Waals surface area contributed by atoms with Gasteiger partial charge in [-0.1, -0.05) is 20.8 Å². The molecular formula is C7H12Cl2O3. The van der Waals surface area contributed by atoms with E-state index in [0.29, 0.717) is 5.92 Å². The predicted octanol–water partition coefficient (Wildman–Crippen LogP) is 3.06. The molecule has 3 nitrogen and oxygen atoms in total. The fourth-order valence-corrected chi connectivity index (χ4v) is 1.66. The Hall–Kier alpha value is -0.150. The van der Waals surface area contributed by atoms with Crippen molar-refractivity contribution in [3.8, 4) is 0 Å². The van der Waals surface area contributed by atoms with Crippen LogP contribution in [0.5, 0.6) is 0 Å². The van der Waals surface area contributed by atoms with Crippen molar-refractivity contribution in [2.24, 2.45) is 11.3 Å². The van der Waals surface area contributed by atoms with E-state index in [-0.39, 0.29) is 5.41 Å². The van der Waals surface area contributed by atoms with E-state index >= 15 is 0 Å². The van der Waals surface area contributed by atoms with Crippen LogP contribution >= 0.6 is 23.2 Å². The van der Waals surface area contributed by atoms with Crippen LogP contribution in [0, 0.1) is 11.3 Å². The van der Waals surface area contributed by atoms with Crippen LogP contribution in [0.25, 0.3) is 0 Å². The lowest BCUT2D eigenvalue weighted by atomic mass is 10.1. The molecule has 0 aromatic heterocycles. The molecule has 1 rings (SSSR count). The Morgan fingerprint density at radius 3 is 1.42 bits per heavy atom. The van der Waals surface area contributed by atoms with Crippen LogP contribution in [0.15, 0.2) is 0 Å². The fraction of sp³-hybridized carbons (Fsp3) is 0.857. The minimum absolute atomic E-state index is 0.135. The van der Waals surface area contributed by atoms with E-state index in [1.54, 1.807) is 0 Å². The summed E-state index contributed by atoms with van der Waals surface area (Å²) in [6.07, 6.45) is -1.83. The van der Waals surface area contributed by atoms with Crippen LogP contribution < -0.4 is 0 Å². The average Bonchev–Trinajstić information content (AvgIpc) is 2.12. The van der Waals surface area contributed by atoms with Gasteiger partial charge < -0.3 is 10.2 Å². The number of carbonyl (C=O) groups is 1. The summed E-state index contributed by atoms with van der Waals surface area (Å²) in [5.41, 5.74) is 0.135. The maximum atomic E-state index is 8.56. The summed E-state index contributed by atoms with van der Waals surface area (Å²) in [4.78, 5) is 8.56. The zero-order valence-electron chi connectivity index (χ0n) is 7.14. The van der Waals surface area contributed by atoms with Crippen molar-refractivity contribution in [2.75, 3.05) is 0 Å². The molecule has 1 aliphatic rings. The third-order valence-corrected chi connectivity index (χ3v) is 4.03. The Morgan fingerprint density at radius 2 is 1.42 bits per heavy atom. The third kappa shape index (κ3) is 2.17. The minimum atomic E-state index is -1.83. The standard InChI is InChI=1S/C6H10Cl2.CH2O3/c1-4-5(2,3)6(4,7)8;2-1(3)4/h4H,1-3H3;(H2,2,3,4). The Morgan fingerprint density at radius 1 is 1.33 bits per heavy atom. The van der Waals surface area contributed by atoms with Crippen molar-refractivity contribution in [1.29, 1.82) is 0 Å². The molecule has 1 atom stereocenters.